The van der Waals surface area contributed by atoms with Gasteiger partial charge in [0.25, 0.3) is 5.56 Å². The van der Waals surface area contributed by atoms with E-state index in [1.54, 1.807) is 4.98 Å². The number of alkyl halides is 3. The Morgan fingerprint density at radius 1 is 1.15 bits per heavy atom. The van der Waals surface area contributed by atoms with Gasteiger partial charge in [0.1, 0.15) is 16.4 Å². The Morgan fingerprint density at radius 3 is 2.23 bits per heavy atom. The molecule has 1 heterocycles. The first-order chi connectivity index (χ1) is 11.8. The fourth-order valence-electron chi connectivity index (χ4n) is 2.03. The number of aromatic nitrogens is 2. The van der Waals surface area contributed by atoms with Crippen LogP contribution in [0.3, 0.4) is 0 Å². The molecule has 1 aromatic carbocycles. The first-order valence-electron chi connectivity index (χ1n) is 6.62. The summed E-state index contributed by atoms with van der Waals surface area (Å²) in [6, 6.07) is 1.00. The van der Waals surface area contributed by atoms with Gasteiger partial charge in [0, 0.05) is 20.2 Å². The lowest BCUT2D eigenvalue weighted by atomic mass is 10.2. The van der Waals surface area contributed by atoms with Gasteiger partial charge < -0.3 is 0 Å². The van der Waals surface area contributed by atoms with Gasteiger partial charge in [-0.15, -0.1) is 0 Å². The SMILES string of the molecule is CN(C)S(=O)(=O)c1cc(-n2c(C(F)(F)F)cc(=O)[nH]c2=O)c(F)cc1Cl. The van der Waals surface area contributed by atoms with Gasteiger partial charge in [0.15, 0.2) is 0 Å². The zero-order valence-corrected chi connectivity index (χ0v) is 14.6. The zero-order valence-electron chi connectivity index (χ0n) is 13.1. The van der Waals surface area contributed by atoms with Crippen LogP contribution in [0.5, 0.6) is 0 Å². The maximum absolute atomic E-state index is 14.2. The molecule has 0 saturated carbocycles. The predicted molar refractivity (Wildman–Crippen MR) is 83.5 cm³/mol. The Kier molecular flexibility index (Phi) is 5.05. The van der Waals surface area contributed by atoms with Crippen molar-refractivity contribution in [2.24, 2.45) is 0 Å². The number of hydrogen-bond acceptors (Lipinski definition) is 4. The van der Waals surface area contributed by atoms with Gasteiger partial charge in [-0.25, -0.2) is 21.9 Å². The number of halogens is 5. The zero-order chi connectivity index (χ0) is 20.0. The standard InChI is InChI=1S/C13H10ClF4N3O4S/c1-20(2)26(24,25)9-4-8(7(15)3-6(9)14)21-10(13(16,17)18)5-11(22)19-12(21)23/h3-5H,1-2H3,(H,19,22,23). The summed E-state index contributed by atoms with van der Waals surface area (Å²) in [7, 11) is -2.00. The van der Waals surface area contributed by atoms with Gasteiger partial charge in [-0.2, -0.15) is 13.2 Å². The molecule has 13 heteroatoms. The van der Waals surface area contributed by atoms with Crippen LogP contribution < -0.4 is 11.2 Å². The number of sulfonamides is 1. The molecule has 0 aliphatic rings. The molecule has 0 fully saturated rings. The highest BCUT2D eigenvalue weighted by molar-refractivity contribution is 7.89. The largest absolute Gasteiger partial charge is 0.432 e. The van der Waals surface area contributed by atoms with E-state index in [0.29, 0.717) is 16.4 Å². The van der Waals surface area contributed by atoms with Crippen LogP contribution in [0, 0.1) is 5.82 Å². The quantitative estimate of drug-likeness (QED) is 0.770. The molecule has 0 radical (unpaired) electrons. The number of benzene rings is 1. The Morgan fingerprint density at radius 2 is 1.73 bits per heavy atom. The Labute approximate surface area is 148 Å². The van der Waals surface area contributed by atoms with Gasteiger partial charge in [-0.3, -0.25) is 14.3 Å². The molecule has 1 aromatic heterocycles. The van der Waals surface area contributed by atoms with Gasteiger partial charge in [0.2, 0.25) is 10.0 Å². The normalized spacial score (nSPS) is 12.6. The molecule has 2 rings (SSSR count). The first kappa shape index (κ1) is 20.1. The second-order valence-electron chi connectivity index (χ2n) is 5.18. The molecule has 142 valence electrons. The van der Waals surface area contributed by atoms with Gasteiger partial charge in [0.05, 0.1) is 10.7 Å². The van der Waals surface area contributed by atoms with E-state index >= 15 is 0 Å². The second kappa shape index (κ2) is 6.52. The van der Waals surface area contributed by atoms with Crippen molar-refractivity contribution in [3.63, 3.8) is 0 Å². The summed E-state index contributed by atoms with van der Waals surface area (Å²) in [5.41, 5.74) is -5.77. The Balaban J connectivity index is 2.96. The summed E-state index contributed by atoms with van der Waals surface area (Å²) >= 11 is 5.70. The third kappa shape index (κ3) is 3.52. The molecular weight excluding hydrogens is 406 g/mol. The average Bonchev–Trinajstić information content (AvgIpc) is 2.46. The van der Waals surface area contributed by atoms with Crippen LogP contribution in [0.1, 0.15) is 5.69 Å². The van der Waals surface area contributed by atoms with Crippen LogP contribution in [0.4, 0.5) is 17.6 Å². The Bertz CT molecular complexity index is 1090. The average molecular weight is 416 g/mol. The van der Waals surface area contributed by atoms with E-state index in [0.717, 1.165) is 14.1 Å². The lowest BCUT2D eigenvalue weighted by Gasteiger charge is -2.18. The van der Waals surface area contributed by atoms with E-state index in [4.69, 9.17) is 11.6 Å². The lowest BCUT2D eigenvalue weighted by Crippen LogP contribution is -2.35. The molecule has 0 unspecified atom stereocenters. The summed E-state index contributed by atoms with van der Waals surface area (Å²) in [4.78, 5) is 23.9. The van der Waals surface area contributed by atoms with Crippen molar-refractivity contribution in [1.82, 2.24) is 13.9 Å². The number of nitrogens with zero attached hydrogens (tertiary/aromatic N) is 2. The van der Waals surface area contributed by atoms with E-state index in [2.05, 4.69) is 0 Å². The van der Waals surface area contributed by atoms with Crippen LogP contribution >= 0.6 is 11.6 Å². The molecule has 0 saturated heterocycles. The van der Waals surface area contributed by atoms with Crippen molar-refractivity contribution in [3.05, 3.63) is 55.6 Å². The highest BCUT2D eigenvalue weighted by Gasteiger charge is 2.37. The van der Waals surface area contributed by atoms with Crippen molar-refractivity contribution in [2.75, 3.05) is 14.1 Å². The second-order valence-corrected chi connectivity index (χ2v) is 7.71. The summed E-state index contributed by atoms with van der Waals surface area (Å²) in [6.07, 6.45) is -5.19. The molecule has 0 bridgehead atoms. The molecule has 0 aliphatic heterocycles. The molecule has 0 amide bonds. The number of nitrogens with one attached hydrogen (secondary N) is 1. The number of hydrogen-bond donors (Lipinski definition) is 1. The molecule has 1 N–H and O–H groups in total. The summed E-state index contributed by atoms with van der Waals surface area (Å²) in [6.45, 7) is 0. The van der Waals surface area contributed by atoms with Crippen LogP contribution in [-0.2, 0) is 16.2 Å². The third-order valence-electron chi connectivity index (χ3n) is 3.23. The van der Waals surface area contributed by atoms with Crippen LogP contribution in [0.25, 0.3) is 5.69 Å². The minimum atomic E-state index is -5.19. The Hall–Kier alpha value is -2.18. The van der Waals surface area contributed by atoms with Crippen molar-refractivity contribution < 1.29 is 26.0 Å². The summed E-state index contributed by atoms with van der Waals surface area (Å²) in [5, 5.41) is -0.592. The highest BCUT2D eigenvalue weighted by Crippen LogP contribution is 2.32. The van der Waals surface area contributed by atoms with Crippen molar-refractivity contribution >= 4 is 21.6 Å². The van der Waals surface area contributed by atoms with E-state index in [1.807, 2.05) is 0 Å². The fourth-order valence-corrected chi connectivity index (χ4v) is 3.43. The van der Waals surface area contributed by atoms with Gasteiger partial charge in [-0.05, 0) is 12.1 Å². The van der Waals surface area contributed by atoms with E-state index in [1.165, 1.54) is 0 Å². The molecular formula is C13H10ClF4N3O4S. The smallest absolute Gasteiger partial charge is 0.274 e. The van der Waals surface area contributed by atoms with Crippen molar-refractivity contribution in [3.8, 4) is 5.69 Å². The number of rotatable bonds is 3. The molecule has 0 aliphatic carbocycles. The van der Waals surface area contributed by atoms with Crippen LogP contribution in [-0.4, -0.2) is 36.4 Å². The van der Waals surface area contributed by atoms with Crippen molar-refractivity contribution in [2.45, 2.75) is 11.1 Å². The van der Waals surface area contributed by atoms with Crippen molar-refractivity contribution in [1.29, 1.82) is 0 Å². The highest BCUT2D eigenvalue weighted by atomic mass is 35.5. The number of aromatic amines is 1. The van der Waals surface area contributed by atoms with E-state index < -0.39 is 54.6 Å². The number of H-pyrrole nitrogens is 1. The van der Waals surface area contributed by atoms with Crippen LogP contribution in [0.2, 0.25) is 5.02 Å². The predicted octanol–water partition coefficient (Wildman–Crippen LogP) is 1.59. The maximum Gasteiger partial charge on any atom is 0.432 e. The van der Waals surface area contributed by atoms with Gasteiger partial charge >= 0.3 is 11.9 Å². The molecule has 0 spiro atoms. The summed E-state index contributed by atoms with van der Waals surface area (Å²) < 4.78 is 78.7. The fraction of sp³-hybridized carbons (Fsp3) is 0.231. The third-order valence-corrected chi connectivity index (χ3v) is 5.51. The minimum Gasteiger partial charge on any atom is -0.274 e. The monoisotopic (exact) mass is 415 g/mol. The lowest BCUT2D eigenvalue weighted by molar-refractivity contribution is -0.143. The molecule has 7 nitrogen and oxygen atoms in total. The summed E-state index contributed by atoms with van der Waals surface area (Å²) in [5.74, 6) is -1.40. The molecule has 0 atom stereocenters. The maximum atomic E-state index is 14.2. The topological polar surface area (TPSA) is 92.2 Å². The van der Waals surface area contributed by atoms with E-state index in [9.17, 15) is 35.6 Å². The molecule has 2 aromatic rings. The van der Waals surface area contributed by atoms with Crippen LogP contribution in [0.15, 0.2) is 32.7 Å². The first-order valence-corrected chi connectivity index (χ1v) is 8.44. The van der Waals surface area contributed by atoms with Gasteiger partial charge in [-0.1, -0.05) is 11.6 Å². The van der Waals surface area contributed by atoms with E-state index in [-0.39, 0.29) is 10.6 Å². The minimum absolute atomic E-state index is 0.0512. The molecule has 26 heavy (non-hydrogen) atoms.